The molecule has 1 radical (unpaired) electrons. The molecule has 0 unspecified atom stereocenters. The van der Waals surface area contributed by atoms with Crippen LogP contribution < -0.4 is 5.56 Å². The van der Waals surface area contributed by atoms with Gasteiger partial charge in [-0.05, 0) is 0 Å². The second-order valence-corrected chi connectivity index (χ2v) is 2.32. The van der Waals surface area contributed by atoms with Gasteiger partial charge < -0.3 is 0 Å². The Labute approximate surface area is 59.0 Å². The van der Waals surface area contributed by atoms with Crippen LogP contribution in [-0.4, -0.2) is 19.8 Å². The highest BCUT2D eigenvalue weighted by Gasteiger charge is 1.97. The van der Waals surface area contributed by atoms with Crippen molar-refractivity contribution in [1.29, 1.82) is 0 Å². The predicted molar refractivity (Wildman–Crippen MR) is 33.8 cm³/mol. The second kappa shape index (κ2) is 1.84. The van der Waals surface area contributed by atoms with Crippen LogP contribution in [0.1, 0.15) is 0 Å². The van der Waals surface area contributed by atoms with Crippen LogP contribution in [0.5, 0.6) is 0 Å². The zero-order chi connectivity index (χ0) is 6.97. The highest BCUT2D eigenvalue weighted by molar-refractivity contribution is 7.14. The molecule has 5 nitrogen and oxygen atoms in total. The third-order valence-electron chi connectivity index (χ3n) is 0.979. The molecule has 0 aliphatic carbocycles. The standard InChI is InChI=1S/C4HN4OS/c9-3-1-5-7-4-8(3)6-2-10-4/h1H. The molecule has 0 saturated carbocycles. The first-order valence-electron chi connectivity index (χ1n) is 2.45. The minimum atomic E-state index is -0.275. The lowest BCUT2D eigenvalue weighted by atomic mass is 10.9. The number of hydrogen-bond donors (Lipinski definition) is 0. The maximum absolute atomic E-state index is 10.8. The Morgan fingerprint density at radius 2 is 2.60 bits per heavy atom. The molecule has 0 spiro atoms. The molecule has 0 fully saturated rings. The summed E-state index contributed by atoms with van der Waals surface area (Å²) < 4.78 is 1.15. The fourth-order valence-corrected chi connectivity index (χ4v) is 1.09. The summed E-state index contributed by atoms with van der Waals surface area (Å²) in [6.07, 6.45) is 1.11. The van der Waals surface area contributed by atoms with Crippen molar-refractivity contribution >= 4 is 16.3 Å². The third kappa shape index (κ3) is 0.623. The van der Waals surface area contributed by atoms with Gasteiger partial charge in [-0.3, -0.25) is 4.79 Å². The number of fused-ring (bicyclic) bond motifs is 1. The van der Waals surface area contributed by atoms with E-state index in [4.69, 9.17) is 0 Å². The summed E-state index contributed by atoms with van der Waals surface area (Å²) in [7, 11) is 0. The fraction of sp³-hybridized carbons (Fsp3) is 0. The molecule has 0 saturated heterocycles. The summed E-state index contributed by atoms with van der Waals surface area (Å²) in [5, 5.41) is 10.7. The Morgan fingerprint density at radius 3 is 3.40 bits per heavy atom. The average Bonchev–Trinajstić information content (AvgIpc) is 2.36. The van der Waals surface area contributed by atoms with Gasteiger partial charge in [-0.2, -0.15) is 9.61 Å². The Morgan fingerprint density at radius 1 is 1.70 bits per heavy atom. The molecule has 2 aromatic rings. The zero-order valence-electron chi connectivity index (χ0n) is 4.68. The van der Waals surface area contributed by atoms with Gasteiger partial charge in [0.05, 0.1) is 0 Å². The van der Waals surface area contributed by atoms with Gasteiger partial charge in [-0.15, -0.1) is 10.2 Å². The number of rotatable bonds is 0. The van der Waals surface area contributed by atoms with Crippen molar-refractivity contribution in [2.75, 3.05) is 0 Å². The van der Waals surface area contributed by atoms with Crippen molar-refractivity contribution in [3.05, 3.63) is 22.1 Å². The van der Waals surface area contributed by atoms with Crippen LogP contribution in [0.15, 0.2) is 11.0 Å². The van der Waals surface area contributed by atoms with Gasteiger partial charge >= 0.3 is 0 Å². The maximum Gasteiger partial charge on any atom is 0.293 e. The molecule has 49 valence electrons. The highest BCUT2D eigenvalue weighted by Crippen LogP contribution is 1.97. The SMILES string of the molecule is O=c1cnnc2s[c]nn12. The molecule has 0 N–H and O–H groups in total. The van der Waals surface area contributed by atoms with E-state index in [0.29, 0.717) is 4.96 Å². The van der Waals surface area contributed by atoms with Crippen molar-refractivity contribution in [3.63, 3.8) is 0 Å². The van der Waals surface area contributed by atoms with Crippen LogP contribution in [-0.2, 0) is 0 Å². The van der Waals surface area contributed by atoms with E-state index >= 15 is 0 Å². The zero-order valence-corrected chi connectivity index (χ0v) is 5.50. The van der Waals surface area contributed by atoms with E-state index in [2.05, 4.69) is 20.8 Å². The molecule has 0 aliphatic heterocycles. The normalized spacial score (nSPS) is 10.4. The molecule has 2 rings (SSSR count). The first-order chi connectivity index (χ1) is 4.88. The van der Waals surface area contributed by atoms with E-state index in [1.165, 1.54) is 0 Å². The van der Waals surface area contributed by atoms with E-state index in [-0.39, 0.29) is 5.56 Å². The monoisotopic (exact) mass is 153 g/mol. The van der Waals surface area contributed by atoms with E-state index in [0.717, 1.165) is 22.0 Å². The van der Waals surface area contributed by atoms with E-state index in [1.807, 2.05) is 0 Å². The van der Waals surface area contributed by atoms with Crippen LogP contribution in [0.4, 0.5) is 0 Å². The van der Waals surface area contributed by atoms with Gasteiger partial charge in [-0.25, -0.2) is 0 Å². The van der Waals surface area contributed by atoms with E-state index < -0.39 is 0 Å². The smallest absolute Gasteiger partial charge is 0.265 e. The minimum Gasteiger partial charge on any atom is -0.265 e. The summed E-state index contributed by atoms with van der Waals surface area (Å²) >= 11 is 1.15. The fourth-order valence-electron chi connectivity index (χ4n) is 0.577. The maximum atomic E-state index is 10.8. The Bertz CT molecular complexity index is 405. The molecular weight excluding hydrogens is 152 g/mol. The molecule has 0 bridgehead atoms. The van der Waals surface area contributed by atoms with Gasteiger partial charge in [0.1, 0.15) is 6.20 Å². The molecule has 0 atom stereocenters. The van der Waals surface area contributed by atoms with Crippen molar-refractivity contribution in [3.8, 4) is 0 Å². The van der Waals surface area contributed by atoms with E-state index in [1.54, 1.807) is 0 Å². The summed E-state index contributed by atoms with van der Waals surface area (Å²) in [6, 6.07) is 0. The Kier molecular flexibility index (Phi) is 1.01. The van der Waals surface area contributed by atoms with Crippen molar-refractivity contribution in [2.45, 2.75) is 0 Å². The summed E-state index contributed by atoms with van der Waals surface area (Å²) in [5.74, 6) is 0. The molecule has 2 aromatic heterocycles. The minimum absolute atomic E-state index is 0.275. The second-order valence-electron chi connectivity index (χ2n) is 1.57. The number of hydrogen-bond acceptors (Lipinski definition) is 5. The summed E-state index contributed by atoms with van der Waals surface area (Å²) in [5.41, 5.74) is 2.26. The summed E-state index contributed by atoms with van der Waals surface area (Å²) in [6.45, 7) is 0. The van der Waals surface area contributed by atoms with Gasteiger partial charge in [0, 0.05) is 0 Å². The number of aromatic nitrogens is 4. The molecule has 0 amide bonds. The number of nitrogens with zero attached hydrogens (tertiary/aromatic N) is 4. The average molecular weight is 153 g/mol. The van der Waals surface area contributed by atoms with Crippen molar-refractivity contribution < 1.29 is 0 Å². The van der Waals surface area contributed by atoms with Gasteiger partial charge in [0.25, 0.3) is 5.56 Å². The van der Waals surface area contributed by atoms with Crippen molar-refractivity contribution in [2.24, 2.45) is 0 Å². The van der Waals surface area contributed by atoms with Crippen LogP contribution >= 0.6 is 11.3 Å². The third-order valence-corrected chi connectivity index (χ3v) is 1.59. The summed E-state index contributed by atoms with van der Waals surface area (Å²) in [4.78, 5) is 11.3. The first kappa shape index (κ1) is 5.48. The molecule has 0 aromatic carbocycles. The van der Waals surface area contributed by atoms with Crippen LogP contribution in [0.3, 0.4) is 0 Å². The van der Waals surface area contributed by atoms with Gasteiger partial charge in [0.15, 0.2) is 5.51 Å². The molecule has 0 aliphatic rings. The van der Waals surface area contributed by atoms with Crippen LogP contribution in [0.25, 0.3) is 4.96 Å². The van der Waals surface area contributed by atoms with Gasteiger partial charge in [0.2, 0.25) is 4.96 Å². The van der Waals surface area contributed by atoms with Crippen LogP contribution in [0.2, 0.25) is 0 Å². The molecular formula is C4HN4OS. The van der Waals surface area contributed by atoms with Crippen LogP contribution in [0, 0.1) is 5.51 Å². The first-order valence-corrected chi connectivity index (χ1v) is 3.27. The van der Waals surface area contributed by atoms with Gasteiger partial charge in [-0.1, -0.05) is 11.3 Å². The molecule has 10 heavy (non-hydrogen) atoms. The van der Waals surface area contributed by atoms with E-state index in [9.17, 15) is 4.79 Å². The predicted octanol–water partition coefficient (Wildman–Crippen LogP) is -0.654. The Hall–Kier alpha value is -1.30. The Balaban J connectivity index is 3.09. The van der Waals surface area contributed by atoms with Crippen molar-refractivity contribution in [1.82, 2.24) is 19.8 Å². The highest BCUT2D eigenvalue weighted by atomic mass is 32.1. The largest absolute Gasteiger partial charge is 0.293 e. The molecule has 6 heteroatoms. The quantitative estimate of drug-likeness (QED) is 0.504. The lowest BCUT2D eigenvalue weighted by Gasteiger charge is -1.82. The lowest BCUT2D eigenvalue weighted by Crippen LogP contribution is -2.13. The lowest BCUT2D eigenvalue weighted by molar-refractivity contribution is 0.851. The molecule has 2 heterocycles. The topological polar surface area (TPSA) is 60.2 Å².